The Morgan fingerprint density at radius 1 is 0.979 bits per heavy atom. The molecule has 47 heavy (non-hydrogen) atoms. The van der Waals surface area contributed by atoms with Gasteiger partial charge >= 0.3 is 12.1 Å². The number of carbonyl (C=O) groups is 5. The van der Waals surface area contributed by atoms with E-state index in [0.29, 0.717) is 24.0 Å². The zero-order valence-corrected chi connectivity index (χ0v) is 26.2. The molecule has 2 atom stereocenters. The number of carbonyl (C=O) groups excluding carboxylic acids is 4. The zero-order chi connectivity index (χ0) is 33.3. The molecule has 248 valence electrons. The first-order valence-electron chi connectivity index (χ1n) is 15.7. The van der Waals surface area contributed by atoms with Crippen LogP contribution in [0.15, 0.2) is 54.7 Å². The van der Waals surface area contributed by atoms with E-state index in [9.17, 15) is 29.1 Å². The van der Waals surface area contributed by atoms with Crippen molar-refractivity contribution in [1.82, 2.24) is 30.0 Å². The van der Waals surface area contributed by atoms with E-state index >= 15 is 0 Å². The lowest BCUT2D eigenvalue weighted by Crippen LogP contribution is -2.56. The molecular formula is C33H38N6O8. The minimum atomic E-state index is -1.14. The number of pyridine rings is 2. The van der Waals surface area contributed by atoms with Crippen molar-refractivity contribution >= 4 is 40.7 Å². The van der Waals surface area contributed by atoms with Crippen LogP contribution in [0.5, 0.6) is 5.75 Å². The SMILES string of the molecule is CCOC(=O)N1CCN(C(=O)[C@H](CCC(=O)O)NC(=O)c2cc(OCC(=O)N3CCC(c4ccccn4)C3)c3ccccc3n2)CC1. The maximum Gasteiger partial charge on any atom is 0.409 e. The second kappa shape index (κ2) is 15.3. The third-order valence-corrected chi connectivity index (χ3v) is 8.28. The van der Waals surface area contributed by atoms with Crippen molar-refractivity contribution in [2.75, 3.05) is 52.5 Å². The van der Waals surface area contributed by atoms with Crippen LogP contribution in [-0.4, -0.2) is 118 Å². The van der Waals surface area contributed by atoms with E-state index < -0.39 is 29.9 Å². The molecule has 2 aliphatic rings. The summed E-state index contributed by atoms with van der Waals surface area (Å²) in [5, 5.41) is 12.6. The number of benzene rings is 1. The number of hydrogen-bond donors (Lipinski definition) is 2. The molecule has 0 radical (unpaired) electrons. The van der Waals surface area contributed by atoms with E-state index in [2.05, 4.69) is 15.3 Å². The first-order valence-corrected chi connectivity index (χ1v) is 15.7. The van der Waals surface area contributed by atoms with Gasteiger partial charge in [-0.3, -0.25) is 24.2 Å². The lowest BCUT2D eigenvalue weighted by molar-refractivity contribution is -0.138. The Morgan fingerprint density at radius 3 is 2.45 bits per heavy atom. The molecule has 0 saturated carbocycles. The Hall–Kier alpha value is -5.27. The van der Waals surface area contributed by atoms with Gasteiger partial charge in [-0.2, -0.15) is 0 Å². The van der Waals surface area contributed by atoms with Crippen molar-refractivity contribution in [2.45, 2.75) is 38.1 Å². The number of piperazine rings is 1. The highest BCUT2D eigenvalue weighted by molar-refractivity contribution is 5.99. The molecule has 1 aromatic carbocycles. The van der Waals surface area contributed by atoms with Gasteiger partial charge in [-0.05, 0) is 44.0 Å². The van der Waals surface area contributed by atoms with E-state index in [1.54, 1.807) is 42.3 Å². The molecule has 2 fully saturated rings. The molecule has 2 aliphatic heterocycles. The fourth-order valence-electron chi connectivity index (χ4n) is 5.76. The van der Waals surface area contributed by atoms with Gasteiger partial charge in [-0.15, -0.1) is 0 Å². The molecule has 3 aromatic rings. The molecule has 2 aromatic heterocycles. The predicted molar refractivity (Wildman–Crippen MR) is 169 cm³/mol. The second-order valence-corrected chi connectivity index (χ2v) is 11.4. The third-order valence-electron chi connectivity index (χ3n) is 8.28. The smallest absolute Gasteiger partial charge is 0.409 e. The van der Waals surface area contributed by atoms with Crippen molar-refractivity contribution in [2.24, 2.45) is 0 Å². The van der Waals surface area contributed by atoms with E-state index in [0.717, 1.165) is 12.1 Å². The lowest BCUT2D eigenvalue weighted by Gasteiger charge is -2.35. The lowest BCUT2D eigenvalue weighted by atomic mass is 10.0. The highest BCUT2D eigenvalue weighted by Crippen LogP contribution is 2.28. The molecule has 4 amide bonds. The van der Waals surface area contributed by atoms with Gasteiger partial charge in [0, 0.05) is 75.0 Å². The monoisotopic (exact) mass is 646 g/mol. The van der Waals surface area contributed by atoms with Crippen molar-refractivity contribution in [3.05, 3.63) is 66.1 Å². The summed E-state index contributed by atoms with van der Waals surface area (Å²) in [5.41, 5.74) is 1.34. The standard InChI is InChI=1S/C33H38N6O8/c1-2-46-33(45)38-17-15-37(16-18-38)32(44)26(10-11-30(41)42)36-31(43)27-19-28(23-7-3-4-9-25(23)35-27)47-21-29(40)39-14-12-22(20-39)24-8-5-6-13-34-24/h3-9,13,19,22,26H,2,10-12,14-18,20-21H2,1H3,(H,36,43)(H,41,42)/t22?,26-/m0/s1. The van der Waals surface area contributed by atoms with Crippen LogP contribution in [0.2, 0.25) is 0 Å². The summed E-state index contributed by atoms with van der Waals surface area (Å²) >= 11 is 0. The number of para-hydroxylation sites is 1. The summed E-state index contributed by atoms with van der Waals surface area (Å²) < 4.78 is 11.0. The molecule has 0 aliphatic carbocycles. The molecule has 0 spiro atoms. The number of ether oxygens (including phenoxy) is 2. The number of nitrogens with zero attached hydrogens (tertiary/aromatic N) is 5. The van der Waals surface area contributed by atoms with E-state index in [4.69, 9.17) is 9.47 Å². The third kappa shape index (κ3) is 8.31. The molecule has 1 unspecified atom stereocenters. The molecule has 4 heterocycles. The minimum absolute atomic E-state index is 0.0530. The van der Waals surface area contributed by atoms with Crippen molar-refractivity contribution < 1.29 is 38.6 Å². The number of carboxylic acid groups (broad SMARTS) is 1. The molecular weight excluding hydrogens is 608 g/mol. The Morgan fingerprint density at radius 2 is 1.72 bits per heavy atom. The minimum Gasteiger partial charge on any atom is -0.483 e. The molecule has 2 N–H and O–H groups in total. The summed E-state index contributed by atoms with van der Waals surface area (Å²) in [4.78, 5) is 77.1. The summed E-state index contributed by atoms with van der Waals surface area (Å²) in [5.74, 6) is -2.04. The largest absolute Gasteiger partial charge is 0.483 e. The maximum atomic E-state index is 13.5. The summed E-state index contributed by atoms with van der Waals surface area (Å²) in [6, 6.07) is 13.0. The van der Waals surface area contributed by atoms with Crippen LogP contribution in [0.3, 0.4) is 0 Å². The number of aliphatic carboxylic acids is 1. The Labute approximate surface area is 271 Å². The number of carboxylic acids is 1. The second-order valence-electron chi connectivity index (χ2n) is 11.4. The van der Waals surface area contributed by atoms with Crippen LogP contribution in [0.4, 0.5) is 4.79 Å². The number of rotatable bonds is 11. The van der Waals surface area contributed by atoms with Crippen LogP contribution in [-0.2, 0) is 19.1 Å². The average Bonchev–Trinajstić information content (AvgIpc) is 3.59. The molecule has 14 nitrogen and oxygen atoms in total. The number of hydrogen-bond acceptors (Lipinski definition) is 9. The van der Waals surface area contributed by atoms with Gasteiger partial charge in [-0.25, -0.2) is 9.78 Å². The summed E-state index contributed by atoms with van der Waals surface area (Å²) in [7, 11) is 0. The van der Waals surface area contributed by atoms with Crippen molar-refractivity contribution in [3.63, 3.8) is 0 Å². The first-order chi connectivity index (χ1) is 22.7. The average molecular weight is 647 g/mol. The van der Waals surface area contributed by atoms with Crippen LogP contribution in [0.1, 0.15) is 48.3 Å². The Kier molecular flexibility index (Phi) is 10.8. The fraction of sp³-hybridized carbons (Fsp3) is 0.424. The Balaban J connectivity index is 1.26. The van der Waals surface area contributed by atoms with Crippen molar-refractivity contribution in [1.29, 1.82) is 0 Å². The number of likely N-dealkylation sites (tertiary alicyclic amines) is 1. The highest BCUT2D eigenvalue weighted by Gasteiger charge is 2.32. The van der Waals surface area contributed by atoms with Gasteiger partial charge in [0.05, 0.1) is 12.1 Å². The number of nitrogens with one attached hydrogen (secondary N) is 1. The first kappa shape index (κ1) is 33.1. The van der Waals surface area contributed by atoms with Crippen LogP contribution in [0, 0.1) is 0 Å². The van der Waals surface area contributed by atoms with Crippen LogP contribution >= 0.6 is 0 Å². The topological polar surface area (TPSA) is 172 Å². The fourth-order valence-corrected chi connectivity index (χ4v) is 5.76. The van der Waals surface area contributed by atoms with E-state index in [-0.39, 0.29) is 75.5 Å². The van der Waals surface area contributed by atoms with Crippen LogP contribution < -0.4 is 10.1 Å². The van der Waals surface area contributed by atoms with Gasteiger partial charge in [0.2, 0.25) is 5.91 Å². The van der Waals surface area contributed by atoms with Crippen LogP contribution in [0.25, 0.3) is 10.9 Å². The summed E-state index contributed by atoms with van der Waals surface area (Å²) in [6.45, 7) is 3.72. The van der Waals surface area contributed by atoms with E-state index in [1.165, 1.54) is 15.9 Å². The highest BCUT2D eigenvalue weighted by atomic mass is 16.6. The Bertz CT molecular complexity index is 1610. The van der Waals surface area contributed by atoms with Gasteiger partial charge in [0.1, 0.15) is 17.5 Å². The van der Waals surface area contributed by atoms with Gasteiger partial charge in [0.25, 0.3) is 11.8 Å². The molecule has 5 rings (SSSR count). The van der Waals surface area contributed by atoms with Gasteiger partial charge in [0.15, 0.2) is 6.61 Å². The van der Waals surface area contributed by atoms with Crippen molar-refractivity contribution in [3.8, 4) is 5.75 Å². The molecule has 14 heteroatoms. The molecule has 2 saturated heterocycles. The number of fused-ring (bicyclic) bond motifs is 1. The normalized spacial score (nSPS) is 16.9. The quantitative estimate of drug-likeness (QED) is 0.315. The number of amides is 4. The molecule has 0 bridgehead atoms. The predicted octanol–water partition coefficient (Wildman–Crippen LogP) is 2.29. The number of aromatic nitrogens is 2. The van der Waals surface area contributed by atoms with E-state index in [1.807, 2.05) is 18.2 Å². The van der Waals surface area contributed by atoms with Gasteiger partial charge < -0.3 is 34.6 Å². The zero-order valence-electron chi connectivity index (χ0n) is 26.2. The van der Waals surface area contributed by atoms with Gasteiger partial charge in [-0.1, -0.05) is 18.2 Å². The summed E-state index contributed by atoms with van der Waals surface area (Å²) in [6.07, 6.45) is 1.59. The maximum absolute atomic E-state index is 13.5.